The third kappa shape index (κ3) is 5.63. The molecule has 1 fully saturated rings. The highest BCUT2D eigenvalue weighted by Gasteiger charge is 2.22. The van der Waals surface area contributed by atoms with E-state index in [1.54, 1.807) is 13.3 Å². The van der Waals surface area contributed by atoms with Gasteiger partial charge in [0.1, 0.15) is 5.82 Å². The standard InChI is InChI=1S/C16H24N6OS.HI/c1-17-16(19-11-5-3-6-12(9-11)24-2)18-10-14-20-15(22-21-14)13-7-4-8-23-13;/h4,7-8,11-12H,3,5-6,9-10H2,1-2H3,(H2,17,18,19)(H,20,21,22);1H. The Kier molecular flexibility index (Phi) is 8.07. The Morgan fingerprint density at radius 1 is 1.48 bits per heavy atom. The molecule has 1 aliphatic carbocycles. The number of hydrogen-bond donors (Lipinski definition) is 3. The predicted molar refractivity (Wildman–Crippen MR) is 112 cm³/mol. The first kappa shape index (κ1) is 20.1. The quantitative estimate of drug-likeness (QED) is 0.349. The summed E-state index contributed by atoms with van der Waals surface area (Å²) in [6.07, 6.45) is 8.78. The minimum Gasteiger partial charge on any atom is -0.461 e. The lowest BCUT2D eigenvalue weighted by atomic mass is 9.95. The Morgan fingerprint density at radius 3 is 3.08 bits per heavy atom. The summed E-state index contributed by atoms with van der Waals surface area (Å²) in [6, 6.07) is 4.14. The number of aromatic nitrogens is 3. The van der Waals surface area contributed by atoms with Gasteiger partial charge in [-0.1, -0.05) is 6.42 Å². The van der Waals surface area contributed by atoms with Gasteiger partial charge in [-0.25, -0.2) is 4.98 Å². The van der Waals surface area contributed by atoms with Crippen LogP contribution >= 0.6 is 35.7 Å². The molecule has 1 aliphatic rings. The maximum absolute atomic E-state index is 5.30. The number of aliphatic imine (C=N–C) groups is 1. The molecule has 2 heterocycles. The second-order valence-corrected chi connectivity index (χ2v) is 7.01. The Hall–Kier alpha value is -1.23. The minimum atomic E-state index is 0. The van der Waals surface area contributed by atoms with Crippen LogP contribution in [0.2, 0.25) is 0 Å². The van der Waals surface area contributed by atoms with E-state index in [4.69, 9.17) is 4.42 Å². The van der Waals surface area contributed by atoms with Crippen LogP contribution in [-0.4, -0.2) is 45.7 Å². The van der Waals surface area contributed by atoms with Gasteiger partial charge in [0.15, 0.2) is 11.7 Å². The molecule has 3 N–H and O–H groups in total. The van der Waals surface area contributed by atoms with E-state index in [1.165, 1.54) is 25.7 Å². The number of halogens is 1. The molecule has 0 radical (unpaired) electrons. The van der Waals surface area contributed by atoms with Gasteiger partial charge in [-0.2, -0.15) is 11.8 Å². The maximum Gasteiger partial charge on any atom is 0.216 e. The number of H-pyrrole nitrogens is 1. The van der Waals surface area contributed by atoms with Crippen LogP contribution in [0.25, 0.3) is 11.6 Å². The van der Waals surface area contributed by atoms with Crippen molar-refractivity contribution in [3.05, 3.63) is 24.2 Å². The normalized spacial score (nSPS) is 20.8. The van der Waals surface area contributed by atoms with Crippen molar-refractivity contribution in [2.75, 3.05) is 13.3 Å². The molecular formula is C16H25IN6OS. The van der Waals surface area contributed by atoms with Gasteiger partial charge in [0, 0.05) is 18.3 Å². The Labute approximate surface area is 169 Å². The average Bonchev–Trinajstić information content (AvgIpc) is 3.30. The van der Waals surface area contributed by atoms with E-state index in [1.807, 2.05) is 23.9 Å². The van der Waals surface area contributed by atoms with Crippen LogP contribution < -0.4 is 10.6 Å². The second kappa shape index (κ2) is 10.0. The predicted octanol–water partition coefficient (Wildman–Crippen LogP) is 3.02. The Morgan fingerprint density at radius 2 is 2.36 bits per heavy atom. The molecule has 2 atom stereocenters. The molecule has 3 rings (SSSR count). The third-order valence-corrected chi connectivity index (χ3v) is 5.32. The van der Waals surface area contributed by atoms with Crippen molar-refractivity contribution >= 4 is 41.7 Å². The summed E-state index contributed by atoms with van der Waals surface area (Å²) in [5.41, 5.74) is 0. The molecule has 9 heteroatoms. The first-order valence-corrected chi connectivity index (χ1v) is 9.52. The van der Waals surface area contributed by atoms with Crippen LogP contribution in [0.5, 0.6) is 0 Å². The van der Waals surface area contributed by atoms with Gasteiger partial charge in [-0.05, 0) is 37.7 Å². The number of hydrogen-bond acceptors (Lipinski definition) is 5. The second-order valence-electron chi connectivity index (χ2n) is 5.87. The van der Waals surface area contributed by atoms with Crippen LogP contribution in [-0.2, 0) is 6.54 Å². The SMILES string of the molecule is CN=C(NCc1nc(-c2ccco2)n[nH]1)NC1CCCC(SC)C1.I. The Balaban J connectivity index is 0.00000225. The zero-order valence-corrected chi connectivity index (χ0v) is 17.6. The molecular weight excluding hydrogens is 451 g/mol. The first-order valence-electron chi connectivity index (χ1n) is 8.23. The highest BCUT2D eigenvalue weighted by Crippen LogP contribution is 2.26. The zero-order valence-electron chi connectivity index (χ0n) is 14.5. The molecule has 0 saturated heterocycles. The number of nitrogens with zero attached hydrogens (tertiary/aromatic N) is 3. The minimum absolute atomic E-state index is 0. The largest absolute Gasteiger partial charge is 0.461 e. The summed E-state index contributed by atoms with van der Waals surface area (Å²) in [5, 5.41) is 14.7. The Bertz CT molecular complexity index is 659. The molecule has 0 amide bonds. The highest BCUT2D eigenvalue weighted by atomic mass is 127. The number of guanidine groups is 1. The van der Waals surface area contributed by atoms with Crippen molar-refractivity contribution in [3.63, 3.8) is 0 Å². The fourth-order valence-corrected chi connectivity index (χ4v) is 3.76. The summed E-state index contributed by atoms with van der Waals surface area (Å²) in [6.45, 7) is 0.534. The van der Waals surface area contributed by atoms with Crippen molar-refractivity contribution in [1.82, 2.24) is 25.8 Å². The summed E-state index contributed by atoms with van der Waals surface area (Å²) in [7, 11) is 1.79. The van der Waals surface area contributed by atoms with Gasteiger partial charge in [0.2, 0.25) is 5.82 Å². The molecule has 2 aromatic heterocycles. The molecule has 7 nitrogen and oxygen atoms in total. The maximum atomic E-state index is 5.30. The van der Waals surface area contributed by atoms with Crippen LogP contribution in [0.15, 0.2) is 27.8 Å². The highest BCUT2D eigenvalue weighted by molar-refractivity contribution is 14.0. The number of rotatable bonds is 5. The lowest BCUT2D eigenvalue weighted by molar-refractivity contribution is 0.419. The molecule has 1 saturated carbocycles. The molecule has 2 aromatic rings. The van der Waals surface area contributed by atoms with E-state index in [-0.39, 0.29) is 24.0 Å². The molecule has 25 heavy (non-hydrogen) atoms. The monoisotopic (exact) mass is 476 g/mol. The van der Waals surface area contributed by atoms with E-state index in [0.717, 1.165) is 17.0 Å². The first-order chi connectivity index (χ1) is 11.8. The van der Waals surface area contributed by atoms with Crippen LogP contribution in [0.1, 0.15) is 31.5 Å². The van der Waals surface area contributed by atoms with E-state index in [0.29, 0.717) is 24.2 Å². The van der Waals surface area contributed by atoms with Crippen LogP contribution in [0, 0.1) is 0 Å². The van der Waals surface area contributed by atoms with Crippen LogP contribution in [0.4, 0.5) is 0 Å². The van der Waals surface area contributed by atoms with Gasteiger partial charge >= 0.3 is 0 Å². The van der Waals surface area contributed by atoms with Gasteiger partial charge in [-0.3, -0.25) is 10.1 Å². The topological polar surface area (TPSA) is 91.1 Å². The number of aromatic amines is 1. The third-order valence-electron chi connectivity index (χ3n) is 4.22. The van der Waals surface area contributed by atoms with Gasteiger partial charge in [0.25, 0.3) is 0 Å². The van der Waals surface area contributed by atoms with Gasteiger partial charge in [0.05, 0.1) is 12.8 Å². The molecule has 0 aromatic carbocycles. The summed E-state index contributed by atoms with van der Waals surface area (Å²) < 4.78 is 5.30. The summed E-state index contributed by atoms with van der Waals surface area (Å²) in [4.78, 5) is 8.73. The van der Waals surface area contributed by atoms with Crippen molar-refractivity contribution in [2.24, 2.45) is 4.99 Å². The zero-order chi connectivity index (χ0) is 16.8. The van der Waals surface area contributed by atoms with Gasteiger partial charge in [-0.15, -0.1) is 29.1 Å². The van der Waals surface area contributed by atoms with E-state index < -0.39 is 0 Å². The average molecular weight is 476 g/mol. The van der Waals surface area contributed by atoms with E-state index >= 15 is 0 Å². The number of furan rings is 1. The van der Waals surface area contributed by atoms with Gasteiger partial charge < -0.3 is 15.1 Å². The number of thioether (sulfide) groups is 1. The summed E-state index contributed by atoms with van der Waals surface area (Å²) in [5.74, 6) is 2.77. The molecule has 2 unspecified atom stereocenters. The lowest BCUT2D eigenvalue weighted by Gasteiger charge is -2.29. The summed E-state index contributed by atoms with van der Waals surface area (Å²) >= 11 is 1.96. The molecule has 0 bridgehead atoms. The fourth-order valence-electron chi connectivity index (χ4n) is 2.94. The molecule has 138 valence electrons. The van der Waals surface area contributed by atoms with E-state index in [2.05, 4.69) is 37.1 Å². The van der Waals surface area contributed by atoms with Crippen molar-refractivity contribution in [1.29, 1.82) is 0 Å². The number of nitrogens with one attached hydrogen (secondary N) is 3. The molecule has 0 aliphatic heterocycles. The van der Waals surface area contributed by atoms with Crippen LogP contribution in [0.3, 0.4) is 0 Å². The van der Waals surface area contributed by atoms with Crippen molar-refractivity contribution in [2.45, 2.75) is 43.5 Å². The smallest absolute Gasteiger partial charge is 0.216 e. The van der Waals surface area contributed by atoms with Crippen molar-refractivity contribution < 1.29 is 4.42 Å². The van der Waals surface area contributed by atoms with Crippen molar-refractivity contribution in [3.8, 4) is 11.6 Å². The fraction of sp³-hybridized carbons (Fsp3) is 0.562. The van der Waals surface area contributed by atoms with E-state index in [9.17, 15) is 0 Å². The molecule has 0 spiro atoms. The lowest BCUT2D eigenvalue weighted by Crippen LogP contribution is -2.45.